The molecule has 1 heterocycles. The molecule has 1 saturated heterocycles. The van der Waals surface area contributed by atoms with Crippen molar-refractivity contribution in [1.82, 2.24) is 4.90 Å². The third kappa shape index (κ3) is 1.65. The molecule has 1 fully saturated rings. The molecule has 1 aromatic rings. The van der Waals surface area contributed by atoms with Crippen LogP contribution in [0.1, 0.15) is 28.3 Å². The van der Waals surface area contributed by atoms with Gasteiger partial charge in [-0.1, -0.05) is 6.07 Å². The molecule has 0 radical (unpaired) electrons. The van der Waals surface area contributed by atoms with Crippen molar-refractivity contribution < 1.29 is 9.53 Å². The Morgan fingerprint density at radius 2 is 2.18 bits per heavy atom. The van der Waals surface area contributed by atoms with Crippen LogP contribution < -0.4 is 4.74 Å². The molecular formula is C14H17NO2. The average Bonchev–Trinajstić information content (AvgIpc) is 2.69. The van der Waals surface area contributed by atoms with Gasteiger partial charge in [-0.2, -0.15) is 0 Å². The molecule has 0 N–H and O–H groups in total. The molecule has 2 unspecified atom stereocenters. The van der Waals surface area contributed by atoms with E-state index >= 15 is 0 Å². The summed E-state index contributed by atoms with van der Waals surface area (Å²) in [4.78, 5) is 14.5. The lowest BCUT2D eigenvalue weighted by atomic mass is 9.76. The number of fused-ring (bicyclic) bond motifs is 3. The Kier molecular flexibility index (Phi) is 2.44. The molecule has 0 saturated carbocycles. The SMILES string of the molecule is COc1ccc2c(c1)C(=O)CC1CN(C)CC21. The maximum absolute atomic E-state index is 12.1. The van der Waals surface area contributed by atoms with Crippen molar-refractivity contribution in [2.24, 2.45) is 5.92 Å². The molecule has 1 aliphatic carbocycles. The summed E-state index contributed by atoms with van der Waals surface area (Å²) >= 11 is 0. The van der Waals surface area contributed by atoms with E-state index in [1.807, 2.05) is 12.1 Å². The molecule has 2 atom stereocenters. The number of hydrogen-bond donors (Lipinski definition) is 0. The number of ether oxygens (including phenoxy) is 1. The zero-order valence-electron chi connectivity index (χ0n) is 10.3. The first-order valence-electron chi connectivity index (χ1n) is 6.08. The third-order valence-electron chi connectivity index (χ3n) is 4.03. The lowest BCUT2D eigenvalue weighted by Gasteiger charge is -2.26. The van der Waals surface area contributed by atoms with E-state index in [9.17, 15) is 4.79 Å². The van der Waals surface area contributed by atoms with Crippen LogP contribution in [0.5, 0.6) is 5.75 Å². The quantitative estimate of drug-likeness (QED) is 0.739. The van der Waals surface area contributed by atoms with E-state index in [1.54, 1.807) is 7.11 Å². The van der Waals surface area contributed by atoms with Gasteiger partial charge in [0.15, 0.2) is 5.78 Å². The Balaban J connectivity index is 2.06. The zero-order chi connectivity index (χ0) is 12.0. The first-order valence-corrected chi connectivity index (χ1v) is 6.08. The van der Waals surface area contributed by atoms with Crippen molar-refractivity contribution in [2.45, 2.75) is 12.3 Å². The summed E-state index contributed by atoms with van der Waals surface area (Å²) in [7, 11) is 3.77. The second kappa shape index (κ2) is 3.84. The molecule has 3 nitrogen and oxygen atoms in total. The van der Waals surface area contributed by atoms with E-state index in [0.717, 1.165) is 24.4 Å². The second-order valence-corrected chi connectivity index (χ2v) is 5.17. The molecule has 2 aliphatic rings. The Morgan fingerprint density at radius 3 is 2.94 bits per heavy atom. The first-order chi connectivity index (χ1) is 8.19. The van der Waals surface area contributed by atoms with Crippen LogP contribution in [-0.4, -0.2) is 37.9 Å². The van der Waals surface area contributed by atoms with Gasteiger partial charge < -0.3 is 9.64 Å². The number of ketones is 1. The Labute approximate surface area is 101 Å². The molecule has 1 aromatic carbocycles. The van der Waals surface area contributed by atoms with Crippen molar-refractivity contribution in [2.75, 3.05) is 27.2 Å². The molecule has 0 amide bonds. The summed E-state index contributed by atoms with van der Waals surface area (Å²) in [6, 6.07) is 5.93. The maximum atomic E-state index is 12.1. The van der Waals surface area contributed by atoms with Crippen LogP contribution in [-0.2, 0) is 0 Å². The average molecular weight is 231 g/mol. The Morgan fingerprint density at radius 1 is 1.35 bits per heavy atom. The van der Waals surface area contributed by atoms with Crippen LogP contribution in [0.3, 0.4) is 0 Å². The van der Waals surface area contributed by atoms with Gasteiger partial charge >= 0.3 is 0 Å². The molecule has 1 aliphatic heterocycles. The largest absolute Gasteiger partial charge is 0.497 e. The van der Waals surface area contributed by atoms with Gasteiger partial charge in [-0.15, -0.1) is 0 Å². The smallest absolute Gasteiger partial charge is 0.163 e. The van der Waals surface area contributed by atoms with E-state index in [2.05, 4.69) is 18.0 Å². The summed E-state index contributed by atoms with van der Waals surface area (Å²) in [5.41, 5.74) is 2.09. The van der Waals surface area contributed by atoms with E-state index < -0.39 is 0 Å². The Bertz CT molecular complexity index is 469. The number of rotatable bonds is 1. The van der Waals surface area contributed by atoms with Gasteiger partial charge in [0.25, 0.3) is 0 Å². The fraction of sp³-hybridized carbons (Fsp3) is 0.500. The van der Waals surface area contributed by atoms with E-state index in [0.29, 0.717) is 18.3 Å². The molecule has 0 spiro atoms. The van der Waals surface area contributed by atoms with Crippen molar-refractivity contribution >= 4 is 5.78 Å². The monoisotopic (exact) mass is 231 g/mol. The topological polar surface area (TPSA) is 29.5 Å². The molecule has 3 rings (SSSR count). The predicted octanol–water partition coefficient (Wildman–Crippen LogP) is 1.93. The van der Waals surface area contributed by atoms with Crippen LogP contribution in [0, 0.1) is 5.92 Å². The molecule has 0 bridgehead atoms. The summed E-state index contributed by atoms with van der Waals surface area (Å²) in [6.45, 7) is 2.11. The fourth-order valence-electron chi connectivity index (χ4n) is 3.22. The number of benzene rings is 1. The van der Waals surface area contributed by atoms with Crippen LogP contribution in [0.2, 0.25) is 0 Å². The maximum Gasteiger partial charge on any atom is 0.163 e. The minimum atomic E-state index is 0.274. The molecule has 0 aromatic heterocycles. The number of hydrogen-bond acceptors (Lipinski definition) is 3. The van der Waals surface area contributed by atoms with Crippen LogP contribution in [0.4, 0.5) is 0 Å². The zero-order valence-corrected chi connectivity index (χ0v) is 10.3. The summed E-state index contributed by atoms with van der Waals surface area (Å²) in [6.07, 6.45) is 0.690. The highest BCUT2D eigenvalue weighted by atomic mass is 16.5. The number of likely N-dealkylation sites (N-methyl/N-ethyl adjacent to an activating group) is 1. The Hall–Kier alpha value is -1.35. The normalized spacial score (nSPS) is 27.8. The van der Waals surface area contributed by atoms with E-state index in [4.69, 9.17) is 4.74 Å². The number of methoxy groups -OCH3 is 1. The van der Waals surface area contributed by atoms with Crippen molar-refractivity contribution in [3.05, 3.63) is 29.3 Å². The molecular weight excluding hydrogens is 214 g/mol. The van der Waals surface area contributed by atoms with Gasteiger partial charge in [-0.25, -0.2) is 0 Å². The summed E-state index contributed by atoms with van der Waals surface area (Å²) in [5.74, 6) is 2.09. The molecule has 17 heavy (non-hydrogen) atoms. The van der Waals surface area contributed by atoms with Gasteiger partial charge in [0.1, 0.15) is 5.75 Å². The van der Waals surface area contributed by atoms with E-state index in [1.165, 1.54) is 5.56 Å². The number of nitrogens with zero attached hydrogens (tertiary/aromatic N) is 1. The third-order valence-corrected chi connectivity index (χ3v) is 4.03. The van der Waals surface area contributed by atoms with Gasteiger partial charge in [0.2, 0.25) is 0 Å². The van der Waals surface area contributed by atoms with Gasteiger partial charge in [0, 0.05) is 31.0 Å². The lowest BCUT2D eigenvalue weighted by Crippen LogP contribution is -2.23. The highest BCUT2D eigenvalue weighted by Crippen LogP contribution is 2.41. The van der Waals surface area contributed by atoms with E-state index in [-0.39, 0.29) is 5.78 Å². The summed E-state index contributed by atoms with van der Waals surface area (Å²) in [5, 5.41) is 0. The van der Waals surface area contributed by atoms with Gasteiger partial charge in [0.05, 0.1) is 7.11 Å². The standard InChI is InChI=1S/C14H17NO2/c1-15-7-9-5-14(16)12-6-10(17-2)3-4-11(12)13(9)8-15/h3-4,6,9,13H,5,7-8H2,1-2H3. The van der Waals surface area contributed by atoms with Gasteiger partial charge in [-0.05, 0) is 30.7 Å². The number of Topliss-reactive ketones (excluding diaryl/α,β-unsaturated/α-hetero) is 1. The number of carbonyl (C=O) groups excluding carboxylic acids is 1. The molecule has 90 valence electrons. The first kappa shape index (κ1) is 10.8. The van der Waals surface area contributed by atoms with Crippen molar-refractivity contribution in [3.8, 4) is 5.75 Å². The minimum absolute atomic E-state index is 0.274. The second-order valence-electron chi connectivity index (χ2n) is 5.17. The molecule has 3 heteroatoms. The van der Waals surface area contributed by atoms with Crippen molar-refractivity contribution in [3.63, 3.8) is 0 Å². The lowest BCUT2D eigenvalue weighted by molar-refractivity contribution is 0.0946. The van der Waals surface area contributed by atoms with Gasteiger partial charge in [-0.3, -0.25) is 4.79 Å². The summed E-state index contributed by atoms with van der Waals surface area (Å²) < 4.78 is 5.20. The fourth-order valence-corrected chi connectivity index (χ4v) is 3.22. The van der Waals surface area contributed by atoms with Crippen LogP contribution in [0.15, 0.2) is 18.2 Å². The van der Waals surface area contributed by atoms with Crippen molar-refractivity contribution in [1.29, 1.82) is 0 Å². The highest BCUT2D eigenvalue weighted by molar-refractivity contribution is 5.99. The number of likely N-dealkylation sites (tertiary alicyclic amines) is 1. The minimum Gasteiger partial charge on any atom is -0.497 e. The highest BCUT2D eigenvalue weighted by Gasteiger charge is 2.39. The van der Waals surface area contributed by atoms with Crippen LogP contribution >= 0.6 is 0 Å². The predicted molar refractivity (Wildman–Crippen MR) is 65.7 cm³/mol. The van der Waals surface area contributed by atoms with Crippen LogP contribution in [0.25, 0.3) is 0 Å². The number of carbonyl (C=O) groups is 1.